The van der Waals surface area contributed by atoms with Crippen molar-refractivity contribution in [1.29, 1.82) is 0 Å². The molecule has 0 aliphatic heterocycles. The van der Waals surface area contributed by atoms with Crippen molar-refractivity contribution in [2.75, 3.05) is 0 Å². The van der Waals surface area contributed by atoms with E-state index in [0.717, 1.165) is 11.0 Å². The molecule has 1 heterocycles. The monoisotopic (exact) mass is 177 g/mol. The van der Waals surface area contributed by atoms with Gasteiger partial charge >= 0.3 is 0 Å². The average molecular weight is 177 g/mol. The maximum Gasteiger partial charge on any atom is 0.117 e. The minimum absolute atomic E-state index is 0.247. The van der Waals surface area contributed by atoms with Gasteiger partial charge in [0.2, 0.25) is 0 Å². The van der Waals surface area contributed by atoms with E-state index in [1.165, 1.54) is 0 Å². The molecule has 4 heteroatoms. The maximum absolute atomic E-state index is 9.29. The van der Waals surface area contributed by atoms with Crippen LogP contribution in [-0.2, 0) is 0 Å². The molecule has 0 saturated heterocycles. The number of rotatable bonds is 1. The number of aromatic hydroxyl groups is 1. The van der Waals surface area contributed by atoms with Gasteiger partial charge in [0.1, 0.15) is 11.3 Å². The van der Waals surface area contributed by atoms with Crippen molar-refractivity contribution in [3.8, 4) is 5.75 Å². The van der Waals surface area contributed by atoms with Crippen LogP contribution in [0.15, 0.2) is 18.2 Å². The molecule has 2 rings (SSSR count). The van der Waals surface area contributed by atoms with E-state index >= 15 is 0 Å². The predicted molar refractivity (Wildman–Crippen MR) is 49.6 cm³/mol. The lowest BCUT2D eigenvalue weighted by Crippen LogP contribution is -2.02. The molecule has 0 aliphatic carbocycles. The van der Waals surface area contributed by atoms with Crippen molar-refractivity contribution in [3.05, 3.63) is 18.2 Å². The van der Waals surface area contributed by atoms with Crippen LogP contribution in [0, 0.1) is 0 Å². The summed E-state index contributed by atoms with van der Waals surface area (Å²) >= 11 is 0. The van der Waals surface area contributed by atoms with Crippen LogP contribution in [0.5, 0.6) is 5.75 Å². The van der Waals surface area contributed by atoms with Crippen molar-refractivity contribution < 1.29 is 5.11 Å². The Labute approximate surface area is 75.8 Å². The highest BCUT2D eigenvalue weighted by Crippen LogP contribution is 2.19. The second-order valence-electron chi connectivity index (χ2n) is 3.30. The average Bonchev–Trinajstić information content (AvgIpc) is 2.46. The normalized spacial score (nSPS) is 11.3. The molecule has 13 heavy (non-hydrogen) atoms. The van der Waals surface area contributed by atoms with Gasteiger partial charge in [-0.25, -0.2) is 4.68 Å². The molecule has 4 nitrogen and oxygen atoms in total. The number of nitrogens with zero attached hydrogens (tertiary/aromatic N) is 3. The van der Waals surface area contributed by atoms with Crippen LogP contribution in [-0.4, -0.2) is 20.1 Å². The molecule has 0 saturated carbocycles. The molecule has 0 bridgehead atoms. The molecule has 0 unspecified atom stereocenters. The number of phenolic OH excluding ortho intramolecular Hbond substituents is 1. The van der Waals surface area contributed by atoms with Crippen molar-refractivity contribution in [2.45, 2.75) is 19.9 Å². The van der Waals surface area contributed by atoms with Crippen LogP contribution in [0.2, 0.25) is 0 Å². The highest BCUT2D eigenvalue weighted by molar-refractivity contribution is 5.75. The summed E-state index contributed by atoms with van der Waals surface area (Å²) in [5.74, 6) is 0.247. The molecule has 1 aromatic heterocycles. The van der Waals surface area contributed by atoms with Crippen LogP contribution < -0.4 is 0 Å². The zero-order valence-electron chi connectivity index (χ0n) is 7.60. The van der Waals surface area contributed by atoms with Crippen LogP contribution >= 0.6 is 0 Å². The summed E-state index contributed by atoms with van der Waals surface area (Å²) < 4.78 is 1.79. The third-order valence-corrected chi connectivity index (χ3v) is 1.94. The molecule has 1 N–H and O–H groups in total. The van der Waals surface area contributed by atoms with E-state index in [9.17, 15) is 5.11 Å². The first-order valence-electron chi connectivity index (χ1n) is 4.22. The zero-order valence-corrected chi connectivity index (χ0v) is 7.60. The largest absolute Gasteiger partial charge is 0.508 e. The number of aromatic nitrogens is 3. The van der Waals surface area contributed by atoms with Crippen molar-refractivity contribution >= 4 is 11.0 Å². The number of benzene rings is 1. The van der Waals surface area contributed by atoms with E-state index in [1.807, 2.05) is 13.8 Å². The summed E-state index contributed by atoms with van der Waals surface area (Å²) in [7, 11) is 0. The summed E-state index contributed by atoms with van der Waals surface area (Å²) in [5, 5.41) is 17.3. The highest BCUT2D eigenvalue weighted by Gasteiger charge is 2.06. The minimum Gasteiger partial charge on any atom is -0.508 e. The Morgan fingerprint density at radius 3 is 2.85 bits per heavy atom. The summed E-state index contributed by atoms with van der Waals surface area (Å²) in [6, 6.07) is 5.31. The predicted octanol–water partition coefficient (Wildman–Crippen LogP) is 1.72. The Bertz CT molecular complexity index is 433. The first-order chi connectivity index (χ1) is 6.18. The van der Waals surface area contributed by atoms with E-state index in [-0.39, 0.29) is 11.8 Å². The lowest BCUT2D eigenvalue weighted by atomic mass is 10.3. The Kier molecular flexibility index (Phi) is 1.69. The van der Waals surface area contributed by atoms with E-state index in [1.54, 1.807) is 22.9 Å². The third-order valence-electron chi connectivity index (χ3n) is 1.94. The van der Waals surface area contributed by atoms with E-state index in [0.29, 0.717) is 0 Å². The van der Waals surface area contributed by atoms with Gasteiger partial charge in [0, 0.05) is 12.1 Å². The quantitative estimate of drug-likeness (QED) is 0.721. The molecule has 1 aromatic carbocycles. The number of fused-ring (bicyclic) bond motifs is 1. The Balaban J connectivity index is 2.71. The van der Waals surface area contributed by atoms with Crippen molar-refractivity contribution in [2.24, 2.45) is 0 Å². The maximum atomic E-state index is 9.29. The molecule has 0 atom stereocenters. The summed E-state index contributed by atoms with van der Waals surface area (Å²) in [6.45, 7) is 4.05. The van der Waals surface area contributed by atoms with E-state index in [4.69, 9.17) is 0 Å². The van der Waals surface area contributed by atoms with Gasteiger partial charge in [-0.3, -0.25) is 0 Å². The minimum atomic E-state index is 0.247. The van der Waals surface area contributed by atoms with E-state index in [2.05, 4.69) is 10.3 Å². The molecule has 2 aromatic rings. The van der Waals surface area contributed by atoms with Crippen LogP contribution in [0.4, 0.5) is 0 Å². The van der Waals surface area contributed by atoms with Crippen LogP contribution in [0.3, 0.4) is 0 Å². The van der Waals surface area contributed by atoms with Gasteiger partial charge in [0.15, 0.2) is 0 Å². The molecule has 0 radical (unpaired) electrons. The van der Waals surface area contributed by atoms with Crippen molar-refractivity contribution in [1.82, 2.24) is 15.0 Å². The molecular weight excluding hydrogens is 166 g/mol. The zero-order chi connectivity index (χ0) is 9.42. The Morgan fingerprint density at radius 1 is 1.38 bits per heavy atom. The molecule has 0 aliphatic rings. The summed E-state index contributed by atoms with van der Waals surface area (Å²) in [5.41, 5.74) is 1.68. The number of hydrogen-bond donors (Lipinski definition) is 1. The second-order valence-corrected chi connectivity index (χ2v) is 3.30. The summed E-state index contributed by atoms with van der Waals surface area (Å²) in [4.78, 5) is 0. The standard InChI is InChI=1S/C9H11N3O/c1-6(2)12-9-5-7(13)3-4-8(9)10-11-12/h3-6,13H,1-2H3. The first kappa shape index (κ1) is 8.04. The topological polar surface area (TPSA) is 50.9 Å². The van der Waals surface area contributed by atoms with E-state index < -0.39 is 0 Å². The number of phenols is 1. The fourth-order valence-electron chi connectivity index (χ4n) is 1.31. The second kappa shape index (κ2) is 2.73. The third kappa shape index (κ3) is 1.24. The number of hydrogen-bond acceptors (Lipinski definition) is 3. The van der Waals surface area contributed by atoms with Gasteiger partial charge in [0.05, 0.1) is 5.52 Å². The molecular formula is C9H11N3O. The smallest absolute Gasteiger partial charge is 0.117 e. The molecule has 68 valence electrons. The Morgan fingerprint density at radius 2 is 2.15 bits per heavy atom. The molecule has 0 amide bonds. The van der Waals surface area contributed by atoms with Crippen molar-refractivity contribution in [3.63, 3.8) is 0 Å². The van der Waals surface area contributed by atoms with Crippen LogP contribution in [0.25, 0.3) is 11.0 Å². The Hall–Kier alpha value is -1.58. The van der Waals surface area contributed by atoms with Gasteiger partial charge in [-0.15, -0.1) is 5.10 Å². The van der Waals surface area contributed by atoms with Gasteiger partial charge in [0.25, 0.3) is 0 Å². The fraction of sp³-hybridized carbons (Fsp3) is 0.333. The lowest BCUT2D eigenvalue weighted by molar-refractivity contribution is 0.474. The molecule has 0 spiro atoms. The fourth-order valence-corrected chi connectivity index (χ4v) is 1.31. The van der Waals surface area contributed by atoms with Gasteiger partial charge < -0.3 is 5.11 Å². The van der Waals surface area contributed by atoms with Gasteiger partial charge in [-0.1, -0.05) is 5.21 Å². The SMILES string of the molecule is CC(C)n1nnc2ccc(O)cc21. The molecule has 0 fully saturated rings. The van der Waals surface area contributed by atoms with Gasteiger partial charge in [-0.2, -0.15) is 0 Å². The first-order valence-corrected chi connectivity index (χ1v) is 4.22. The summed E-state index contributed by atoms with van der Waals surface area (Å²) in [6.07, 6.45) is 0. The van der Waals surface area contributed by atoms with Crippen LogP contribution in [0.1, 0.15) is 19.9 Å². The highest BCUT2D eigenvalue weighted by atomic mass is 16.3. The van der Waals surface area contributed by atoms with Gasteiger partial charge in [-0.05, 0) is 26.0 Å². The lowest BCUT2D eigenvalue weighted by Gasteiger charge is -2.04.